The van der Waals surface area contributed by atoms with Crippen molar-refractivity contribution in [3.8, 4) is 0 Å². The van der Waals surface area contributed by atoms with Gasteiger partial charge in [0.25, 0.3) is 0 Å². The highest BCUT2D eigenvalue weighted by Crippen LogP contribution is 2.15. The lowest BCUT2D eigenvalue weighted by atomic mass is 10.1. The number of nitrogens with zero attached hydrogens (tertiary/aromatic N) is 1. The van der Waals surface area contributed by atoms with Crippen molar-refractivity contribution in [2.24, 2.45) is 4.99 Å². The van der Waals surface area contributed by atoms with Gasteiger partial charge in [0.15, 0.2) is 0 Å². The van der Waals surface area contributed by atoms with Crippen LogP contribution in [0.25, 0.3) is 0 Å². The van der Waals surface area contributed by atoms with E-state index in [1.165, 1.54) is 5.57 Å². The van der Waals surface area contributed by atoms with Gasteiger partial charge in [0.1, 0.15) is 6.10 Å². The van der Waals surface area contributed by atoms with Crippen LogP contribution in [0, 0.1) is 0 Å². The van der Waals surface area contributed by atoms with Crippen molar-refractivity contribution >= 4 is 6.21 Å². The number of rotatable bonds is 0. The molecule has 1 unspecified atom stereocenters. The van der Waals surface area contributed by atoms with E-state index in [0.29, 0.717) is 0 Å². The smallest absolute Gasteiger partial charge is 0.115 e. The van der Waals surface area contributed by atoms with Gasteiger partial charge in [-0.05, 0) is 6.42 Å². The highest BCUT2D eigenvalue weighted by molar-refractivity contribution is 5.80. The van der Waals surface area contributed by atoms with E-state index < -0.39 is 0 Å². The second-order valence-electron chi connectivity index (χ2n) is 2.19. The fourth-order valence-electron chi connectivity index (χ4n) is 1.05. The van der Waals surface area contributed by atoms with Gasteiger partial charge in [-0.25, -0.2) is 0 Å². The first kappa shape index (κ1) is 4.99. The van der Waals surface area contributed by atoms with Crippen molar-refractivity contribution in [1.82, 2.24) is 5.48 Å². The number of hydrogen-bond donors (Lipinski definition) is 1. The molecule has 0 aromatic carbocycles. The lowest BCUT2D eigenvalue weighted by molar-refractivity contribution is 0.0412. The zero-order valence-electron chi connectivity index (χ0n) is 5.00. The van der Waals surface area contributed by atoms with Crippen LogP contribution in [0.5, 0.6) is 0 Å². The van der Waals surface area contributed by atoms with Gasteiger partial charge in [0.05, 0.1) is 0 Å². The molecule has 0 aromatic heterocycles. The van der Waals surface area contributed by atoms with E-state index in [4.69, 9.17) is 4.84 Å². The zero-order chi connectivity index (χ0) is 6.10. The number of aliphatic imine (C=N–C) groups is 1. The molecular formula is C6H8N2O. The van der Waals surface area contributed by atoms with Gasteiger partial charge in [0.2, 0.25) is 0 Å². The van der Waals surface area contributed by atoms with E-state index in [0.717, 1.165) is 13.0 Å². The van der Waals surface area contributed by atoms with Crippen molar-refractivity contribution in [2.45, 2.75) is 12.5 Å². The molecular weight excluding hydrogens is 116 g/mol. The second kappa shape index (κ2) is 1.84. The number of nitrogens with one attached hydrogen (secondary N) is 1. The monoisotopic (exact) mass is 124 g/mol. The van der Waals surface area contributed by atoms with Gasteiger partial charge in [-0.15, -0.1) is 0 Å². The number of hydrogen-bond acceptors (Lipinski definition) is 3. The first-order chi connectivity index (χ1) is 4.47. The van der Waals surface area contributed by atoms with E-state index in [1.807, 2.05) is 12.4 Å². The number of hydroxylamine groups is 1. The molecule has 0 saturated heterocycles. The van der Waals surface area contributed by atoms with Crippen LogP contribution in [0.15, 0.2) is 16.8 Å². The van der Waals surface area contributed by atoms with Crippen molar-refractivity contribution in [3.63, 3.8) is 0 Å². The Hall–Kier alpha value is -0.830. The summed E-state index contributed by atoms with van der Waals surface area (Å²) >= 11 is 0. The molecule has 3 heteroatoms. The molecule has 0 amide bonds. The van der Waals surface area contributed by atoms with Crippen LogP contribution >= 0.6 is 0 Å². The molecule has 0 bridgehead atoms. The predicted molar refractivity (Wildman–Crippen MR) is 34.1 cm³/mol. The molecule has 0 spiro atoms. The zero-order valence-corrected chi connectivity index (χ0v) is 5.00. The SMILES string of the molecule is C1=NCCC2ONC=C12. The van der Waals surface area contributed by atoms with Gasteiger partial charge in [-0.3, -0.25) is 15.3 Å². The molecule has 48 valence electrons. The lowest BCUT2D eigenvalue weighted by Gasteiger charge is -2.11. The minimum atomic E-state index is 0.266. The average Bonchev–Trinajstić information content (AvgIpc) is 2.33. The second-order valence-corrected chi connectivity index (χ2v) is 2.19. The molecule has 0 fully saturated rings. The van der Waals surface area contributed by atoms with Crippen LogP contribution in [0.3, 0.4) is 0 Å². The lowest BCUT2D eigenvalue weighted by Crippen LogP contribution is -2.18. The molecule has 9 heavy (non-hydrogen) atoms. The molecule has 1 atom stereocenters. The standard InChI is InChI=1S/C6H8N2O/c1-2-7-3-5-4-8-9-6(1)5/h3-4,6,8H,1-2H2. The van der Waals surface area contributed by atoms with Crippen molar-refractivity contribution < 1.29 is 4.84 Å². The van der Waals surface area contributed by atoms with Gasteiger partial charge in [0, 0.05) is 24.5 Å². The third kappa shape index (κ3) is 0.733. The minimum absolute atomic E-state index is 0.266. The molecule has 0 radical (unpaired) electrons. The third-order valence-corrected chi connectivity index (χ3v) is 1.57. The Labute approximate surface area is 53.4 Å². The summed E-state index contributed by atoms with van der Waals surface area (Å²) in [5.74, 6) is 0. The Morgan fingerprint density at radius 3 is 3.67 bits per heavy atom. The molecule has 2 aliphatic heterocycles. The highest BCUT2D eigenvalue weighted by atomic mass is 16.7. The summed E-state index contributed by atoms with van der Waals surface area (Å²) < 4.78 is 0. The predicted octanol–water partition coefficient (Wildman–Crippen LogP) is 0.248. The van der Waals surface area contributed by atoms with Gasteiger partial charge < -0.3 is 0 Å². The maximum absolute atomic E-state index is 5.12. The highest BCUT2D eigenvalue weighted by Gasteiger charge is 2.20. The molecule has 0 saturated carbocycles. The summed E-state index contributed by atoms with van der Waals surface area (Å²) in [6.45, 7) is 0.893. The minimum Gasteiger partial charge on any atom is -0.293 e. The maximum Gasteiger partial charge on any atom is 0.115 e. The van der Waals surface area contributed by atoms with Crippen LogP contribution < -0.4 is 5.48 Å². The summed E-state index contributed by atoms with van der Waals surface area (Å²) in [7, 11) is 0. The summed E-state index contributed by atoms with van der Waals surface area (Å²) in [6.07, 6.45) is 5.00. The summed E-state index contributed by atoms with van der Waals surface area (Å²) in [5.41, 5.74) is 3.88. The fraction of sp³-hybridized carbons (Fsp3) is 0.500. The molecule has 0 aliphatic carbocycles. The van der Waals surface area contributed by atoms with E-state index in [1.54, 1.807) is 0 Å². The van der Waals surface area contributed by atoms with Crippen LogP contribution in [0.1, 0.15) is 6.42 Å². The van der Waals surface area contributed by atoms with Crippen molar-refractivity contribution in [2.75, 3.05) is 6.54 Å². The van der Waals surface area contributed by atoms with E-state index in [-0.39, 0.29) is 6.10 Å². The maximum atomic E-state index is 5.12. The average molecular weight is 124 g/mol. The summed E-state index contributed by atoms with van der Waals surface area (Å²) in [4.78, 5) is 9.23. The Bertz CT molecular complexity index is 174. The van der Waals surface area contributed by atoms with Gasteiger partial charge >= 0.3 is 0 Å². The summed E-state index contributed by atoms with van der Waals surface area (Å²) in [6, 6.07) is 0. The topological polar surface area (TPSA) is 33.6 Å². The van der Waals surface area contributed by atoms with Gasteiger partial charge in [-0.2, -0.15) is 0 Å². The third-order valence-electron chi connectivity index (χ3n) is 1.57. The largest absolute Gasteiger partial charge is 0.293 e. The van der Waals surface area contributed by atoms with Crippen LogP contribution in [0.4, 0.5) is 0 Å². The Morgan fingerprint density at radius 2 is 2.78 bits per heavy atom. The Balaban J connectivity index is 2.24. The molecule has 2 rings (SSSR count). The van der Waals surface area contributed by atoms with Crippen molar-refractivity contribution in [3.05, 3.63) is 11.8 Å². The fourth-order valence-corrected chi connectivity index (χ4v) is 1.05. The quantitative estimate of drug-likeness (QED) is 0.502. The number of fused-ring (bicyclic) bond motifs is 1. The molecule has 2 aliphatic rings. The van der Waals surface area contributed by atoms with Gasteiger partial charge in [-0.1, -0.05) is 0 Å². The summed E-state index contributed by atoms with van der Waals surface area (Å²) in [5, 5.41) is 0. The Kier molecular flexibility index (Phi) is 1.02. The van der Waals surface area contributed by atoms with Crippen LogP contribution in [0.2, 0.25) is 0 Å². The molecule has 1 N–H and O–H groups in total. The first-order valence-corrected chi connectivity index (χ1v) is 3.08. The van der Waals surface area contributed by atoms with E-state index >= 15 is 0 Å². The van der Waals surface area contributed by atoms with Crippen molar-refractivity contribution in [1.29, 1.82) is 0 Å². The first-order valence-electron chi connectivity index (χ1n) is 3.08. The van der Waals surface area contributed by atoms with E-state index in [9.17, 15) is 0 Å². The molecule has 0 aromatic rings. The van der Waals surface area contributed by atoms with Crippen LogP contribution in [-0.2, 0) is 4.84 Å². The van der Waals surface area contributed by atoms with E-state index in [2.05, 4.69) is 10.5 Å². The Morgan fingerprint density at radius 1 is 1.78 bits per heavy atom. The molecule has 3 nitrogen and oxygen atoms in total. The molecule has 2 heterocycles. The normalized spacial score (nSPS) is 31.1. The van der Waals surface area contributed by atoms with Crippen LogP contribution in [-0.4, -0.2) is 18.9 Å².